The Morgan fingerprint density at radius 3 is 2.50 bits per heavy atom. The van der Waals surface area contributed by atoms with Gasteiger partial charge in [-0.2, -0.15) is 13.2 Å². The van der Waals surface area contributed by atoms with Crippen LogP contribution in [0.25, 0.3) is 6.08 Å². The number of nitrogens with one attached hydrogen (secondary N) is 1. The average Bonchev–Trinajstić information content (AvgIpc) is 2.33. The number of rotatable bonds is 2. The zero-order chi connectivity index (χ0) is 16.7. The normalized spacial score (nSPS) is 18.1. The van der Waals surface area contributed by atoms with Gasteiger partial charge >= 0.3 is 6.18 Å². The van der Waals surface area contributed by atoms with Gasteiger partial charge in [0, 0.05) is 5.56 Å². The number of carbonyl (C=O) groups is 1. The molecular formula is C14H16F3N3O2. The van der Waals surface area contributed by atoms with E-state index in [9.17, 15) is 18.0 Å². The van der Waals surface area contributed by atoms with Crippen molar-refractivity contribution in [3.63, 3.8) is 0 Å². The van der Waals surface area contributed by atoms with Crippen molar-refractivity contribution in [2.45, 2.75) is 31.9 Å². The first-order valence-corrected chi connectivity index (χ1v) is 6.48. The van der Waals surface area contributed by atoms with Gasteiger partial charge in [0.25, 0.3) is 5.91 Å². The Kier molecular flexibility index (Phi) is 3.92. The molecular weight excluding hydrogens is 299 g/mol. The first-order chi connectivity index (χ1) is 9.99. The molecule has 1 amide bonds. The molecule has 0 fully saturated rings. The molecule has 0 saturated heterocycles. The molecule has 1 atom stereocenters. The summed E-state index contributed by atoms with van der Waals surface area (Å²) in [7, 11) is 0. The number of para-hydroxylation sites is 1. The van der Waals surface area contributed by atoms with E-state index < -0.39 is 29.5 Å². The maximum atomic E-state index is 13.0. The third-order valence-corrected chi connectivity index (χ3v) is 3.04. The molecule has 120 valence electrons. The fraction of sp³-hybridized carbons (Fsp3) is 0.357. The molecule has 5 nitrogen and oxygen atoms in total. The third-order valence-electron chi connectivity index (χ3n) is 3.04. The number of alkyl halides is 3. The summed E-state index contributed by atoms with van der Waals surface area (Å²) < 4.78 is 44.2. The quantitative estimate of drug-likeness (QED) is 0.723. The van der Waals surface area contributed by atoms with Crippen LogP contribution in [0, 0.1) is 0 Å². The molecule has 1 aliphatic heterocycles. The van der Waals surface area contributed by atoms with E-state index in [1.807, 2.05) is 0 Å². The van der Waals surface area contributed by atoms with E-state index in [2.05, 4.69) is 5.32 Å². The highest BCUT2D eigenvalue weighted by Gasteiger charge is 2.37. The molecule has 1 unspecified atom stereocenters. The van der Waals surface area contributed by atoms with E-state index in [1.165, 1.54) is 32.1 Å². The summed E-state index contributed by atoms with van der Waals surface area (Å²) in [5.41, 5.74) is 10.4. The molecule has 2 rings (SSSR count). The first kappa shape index (κ1) is 16.3. The lowest BCUT2D eigenvalue weighted by Crippen LogP contribution is -2.61. The van der Waals surface area contributed by atoms with Gasteiger partial charge < -0.3 is 10.1 Å². The Hall–Kier alpha value is -2.06. The Morgan fingerprint density at radius 1 is 1.32 bits per heavy atom. The van der Waals surface area contributed by atoms with Crippen LogP contribution in [0.3, 0.4) is 0 Å². The molecule has 0 aromatic heterocycles. The van der Waals surface area contributed by atoms with Crippen molar-refractivity contribution < 1.29 is 22.7 Å². The Morgan fingerprint density at radius 2 is 1.95 bits per heavy atom. The molecule has 1 heterocycles. The monoisotopic (exact) mass is 315 g/mol. The fourth-order valence-electron chi connectivity index (χ4n) is 2.12. The van der Waals surface area contributed by atoms with E-state index in [-0.39, 0.29) is 16.9 Å². The van der Waals surface area contributed by atoms with E-state index in [4.69, 9.17) is 16.2 Å². The van der Waals surface area contributed by atoms with Gasteiger partial charge in [0.15, 0.2) is 0 Å². The number of carbonyl (C=O) groups excluding carboxylic acids is 1. The topological polar surface area (TPSA) is 90.4 Å². The molecule has 0 saturated carbocycles. The highest BCUT2D eigenvalue weighted by atomic mass is 19.4. The van der Waals surface area contributed by atoms with Gasteiger partial charge in [0.2, 0.25) is 0 Å². The van der Waals surface area contributed by atoms with Crippen molar-refractivity contribution in [2.24, 2.45) is 11.5 Å². The summed E-state index contributed by atoms with van der Waals surface area (Å²) >= 11 is 0. The molecule has 5 N–H and O–H groups in total. The van der Waals surface area contributed by atoms with Gasteiger partial charge in [0.05, 0.1) is 11.1 Å². The number of fused-ring (bicyclic) bond motifs is 1. The van der Waals surface area contributed by atoms with E-state index in [0.717, 1.165) is 6.07 Å². The number of hydrogen-bond acceptors (Lipinski definition) is 4. The highest BCUT2D eigenvalue weighted by Crippen LogP contribution is 2.41. The van der Waals surface area contributed by atoms with Gasteiger partial charge in [-0.1, -0.05) is 12.1 Å². The highest BCUT2D eigenvalue weighted by molar-refractivity contribution is 6.00. The van der Waals surface area contributed by atoms with Crippen LogP contribution in [0.2, 0.25) is 0 Å². The summed E-state index contributed by atoms with van der Waals surface area (Å²) in [5, 5.41) is 2.34. The van der Waals surface area contributed by atoms with Gasteiger partial charge in [-0.05, 0) is 26.0 Å². The average molecular weight is 315 g/mol. The Balaban J connectivity index is 2.43. The smallest absolute Gasteiger partial charge is 0.419 e. The van der Waals surface area contributed by atoms with E-state index in [0.29, 0.717) is 0 Å². The molecule has 1 aromatic carbocycles. The van der Waals surface area contributed by atoms with Crippen LogP contribution in [-0.2, 0) is 11.0 Å². The second kappa shape index (κ2) is 5.29. The van der Waals surface area contributed by atoms with Crippen LogP contribution in [0.5, 0.6) is 5.75 Å². The van der Waals surface area contributed by atoms with Crippen molar-refractivity contribution in [3.05, 3.63) is 34.9 Å². The van der Waals surface area contributed by atoms with Crippen LogP contribution in [-0.4, -0.2) is 17.8 Å². The van der Waals surface area contributed by atoms with Crippen molar-refractivity contribution in [1.29, 1.82) is 0 Å². The van der Waals surface area contributed by atoms with Crippen molar-refractivity contribution in [3.8, 4) is 5.75 Å². The van der Waals surface area contributed by atoms with Crippen LogP contribution >= 0.6 is 0 Å². The zero-order valence-electron chi connectivity index (χ0n) is 12.0. The predicted molar refractivity (Wildman–Crippen MR) is 74.4 cm³/mol. The lowest BCUT2D eigenvalue weighted by molar-refractivity contribution is -0.139. The van der Waals surface area contributed by atoms with Gasteiger partial charge in [-0.3, -0.25) is 16.3 Å². The maximum absolute atomic E-state index is 13.0. The minimum absolute atomic E-state index is 0.147. The minimum Gasteiger partial charge on any atom is -0.485 e. The summed E-state index contributed by atoms with van der Waals surface area (Å²) in [6.45, 7) is 2.86. The number of ether oxygens (including phenoxy) is 1. The molecule has 0 radical (unpaired) electrons. The van der Waals surface area contributed by atoms with Crippen LogP contribution in [0.15, 0.2) is 23.8 Å². The summed E-state index contributed by atoms with van der Waals surface area (Å²) in [5.74, 6) is -2.32. The number of amides is 1. The second-order valence-electron chi connectivity index (χ2n) is 5.32. The predicted octanol–water partition coefficient (Wildman–Crippen LogP) is 1.58. The molecule has 0 aliphatic carbocycles. The Bertz CT molecular complexity index is 633. The molecule has 0 spiro atoms. The van der Waals surface area contributed by atoms with Crippen LogP contribution in [0.4, 0.5) is 13.2 Å². The van der Waals surface area contributed by atoms with E-state index in [1.54, 1.807) is 0 Å². The minimum atomic E-state index is -4.54. The van der Waals surface area contributed by atoms with E-state index >= 15 is 0 Å². The number of hydrogen-bond donors (Lipinski definition) is 3. The Labute approximate surface area is 125 Å². The lowest BCUT2D eigenvalue weighted by atomic mass is 9.99. The summed E-state index contributed by atoms with van der Waals surface area (Å²) in [6.07, 6.45) is -4.05. The standard InChI is InChI=1S/C14H16F3N3O2/c1-7-9(12(21)20-13(2,18)19)6-8-4-3-5-10(11(8)22-7)14(15,16)17/h3-7H,18-19H2,1-2H3,(H,20,21). The summed E-state index contributed by atoms with van der Waals surface area (Å²) in [4.78, 5) is 12.1. The van der Waals surface area contributed by atoms with Crippen LogP contribution in [0.1, 0.15) is 25.0 Å². The SMILES string of the molecule is CC1Oc2c(cccc2C(F)(F)F)C=C1C(=O)NC(C)(N)N. The number of nitrogens with two attached hydrogens (primary N) is 2. The van der Waals surface area contributed by atoms with Crippen molar-refractivity contribution in [2.75, 3.05) is 0 Å². The van der Waals surface area contributed by atoms with Crippen molar-refractivity contribution >= 4 is 12.0 Å². The third kappa shape index (κ3) is 3.40. The number of benzene rings is 1. The largest absolute Gasteiger partial charge is 0.485 e. The fourth-order valence-corrected chi connectivity index (χ4v) is 2.12. The molecule has 1 aromatic rings. The van der Waals surface area contributed by atoms with Gasteiger partial charge in [-0.15, -0.1) is 0 Å². The lowest BCUT2D eigenvalue weighted by Gasteiger charge is -2.28. The molecule has 8 heteroatoms. The molecule has 0 bridgehead atoms. The van der Waals surface area contributed by atoms with Crippen LogP contribution < -0.4 is 21.5 Å². The van der Waals surface area contributed by atoms with Gasteiger partial charge in [0.1, 0.15) is 17.6 Å². The van der Waals surface area contributed by atoms with Gasteiger partial charge in [-0.25, -0.2) is 0 Å². The summed E-state index contributed by atoms with van der Waals surface area (Å²) in [6, 6.07) is 3.62. The first-order valence-electron chi connectivity index (χ1n) is 6.48. The number of halogens is 3. The molecule has 22 heavy (non-hydrogen) atoms. The zero-order valence-corrected chi connectivity index (χ0v) is 12.0. The van der Waals surface area contributed by atoms with Crippen molar-refractivity contribution in [1.82, 2.24) is 5.32 Å². The second-order valence-corrected chi connectivity index (χ2v) is 5.32. The maximum Gasteiger partial charge on any atom is 0.419 e. The molecule has 1 aliphatic rings.